The van der Waals surface area contributed by atoms with Gasteiger partial charge in [0, 0.05) is 30.4 Å². The Balaban J connectivity index is 1.57. The van der Waals surface area contributed by atoms with Crippen molar-refractivity contribution in [1.82, 2.24) is 26.0 Å². The zero-order chi connectivity index (χ0) is 30.0. The maximum absolute atomic E-state index is 15.9. The first-order chi connectivity index (χ1) is 19.2. The van der Waals surface area contributed by atoms with E-state index in [1.807, 2.05) is 0 Å². The van der Waals surface area contributed by atoms with Crippen LogP contribution in [0.2, 0.25) is 0 Å². The Labute approximate surface area is 232 Å². The number of hydrogen-bond acceptors (Lipinski definition) is 8. The first kappa shape index (κ1) is 29.8. The quantitative estimate of drug-likeness (QED) is 0.283. The highest BCUT2D eigenvalue weighted by Gasteiger charge is 2.58. The van der Waals surface area contributed by atoms with Gasteiger partial charge in [0.2, 0.25) is 0 Å². The van der Waals surface area contributed by atoms with Crippen molar-refractivity contribution in [3.63, 3.8) is 0 Å². The van der Waals surface area contributed by atoms with Gasteiger partial charge in [0.25, 0.3) is 5.91 Å². The van der Waals surface area contributed by atoms with Crippen LogP contribution in [-0.2, 0) is 11.5 Å². The molecule has 3 heterocycles. The van der Waals surface area contributed by atoms with E-state index < -0.39 is 59.6 Å². The molecule has 0 aliphatic carbocycles. The summed E-state index contributed by atoms with van der Waals surface area (Å²) in [5.41, 5.74) is -2.40. The molecule has 1 atom stereocenters. The number of alkyl halides is 5. The van der Waals surface area contributed by atoms with Crippen LogP contribution in [0, 0.1) is 23.5 Å². The van der Waals surface area contributed by atoms with Crippen molar-refractivity contribution in [2.75, 3.05) is 20.1 Å². The predicted octanol–water partition coefficient (Wildman–Crippen LogP) is 3.70. The van der Waals surface area contributed by atoms with Gasteiger partial charge >= 0.3 is 12.1 Å². The fourth-order valence-electron chi connectivity index (χ4n) is 3.67. The fraction of sp³-hybridized carbons (Fsp3) is 0.240. The number of carbonyl (C=O) groups is 1. The van der Waals surface area contributed by atoms with Crippen molar-refractivity contribution in [2.45, 2.75) is 17.7 Å². The average molecular weight is 601 g/mol. The highest BCUT2D eigenvalue weighted by atomic mass is 32.1. The van der Waals surface area contributed by atoms with Crippen LogP contribution < -0.4 is 10.9 Å². The summed E-state index contributed by atoms with van der Waals surface area (Å²) >= 11 is 0.823. The molecule has 16 heteroatoms. The molecule has 1 unspecified atom stereocenters. The summed E-state index contributed by atoms with van der Waals surface area (Å²) < 4.78 is 96.9. The summed E-state index contributed by atoms with van der Waals surface area (Å²) in [6.07, 6.45) is -2.50. The van der Waals surface area contributed by atoms with Crippen molar-refractivity contribution in [2.24, 2.45) is 5.10 Å². The Bertz CT molecular complexity index is 1520. The minimum Gasteiger partial charge on any atom is -0.377 e. The smallest absolute Gasteiger partial charge is 0.377 e. The highest BCUT2D eigenvalue weighted by molar-refractivity contribution is 7.14. The monoisotopic (exact) mass is 600 g/mol. The van der Waals surface area contributed by atoms with Crippen molar-refractivity contribution in [3.05, 3.63) is 86.9 Å². The van der Waals surface area contributed by atoms with Crippen molar-refractivity contribution in [1.29, 1.82) is 0 Å². The van der Waals surface area contributed by atoms with Crippen molar-refractivity contribution < 1.29 is 40.6 Å². The number of β-amino-alcohol motifs (C(OH)–C–C–N with tert-alkyl or cyclic N) is 1. The lowest BCUT2D eigenvalue weighted by Crippen LogP contribution is -2.55. The van der Waals surface area contributed by atoms with Crippen molar-refractivity contribution >= 4 is 23.6 Å². The number of benzene rings is 1. The van der Waals surface area contributed by atoms with Crippen LogP contribution in [0.3, 0.4) is 0 Å². The minimum atomic E-state index is -4.57. The Hall–Kier alpha value is -4.20. The number of hydrazine groups is 2. The molecule has 3 N–H and O–H groups in total. The first-order valence-electron chi connectivity index (χ1n) is 11.5. The molecule has 3 aromatic rings. The number of aromatic nitrogens is 1. The van der Waals surface area contributed by atoms with Gasteiger partial charge in [-0.05, 0) is 36.4 Å². The third-order valence-electron chi connectivity index (χ3n) is 5.63. The van der Waals surface area contributed by atoms with Crippen LogP contribution in [-0.4, -0.2) is 58.8 Å². The molecule has 0 saturated carbocycles. The van der Waals surface area contributed by atoms with Gasteiger partial charge in [-0.3, -0.25) is 14.8 Å². The molecule has 0 bridgehead atoms. The number of aliphatic hydroxyl groups is 1. The van der Waals surface area contributed by atoms with E-state index in [4.69, 9.17) is 0 Å². The topological polar surface area (TPSA) is 93.1 Å². The maximum atomic E-state index is 15.9. The van der Waals surface area contributed by atoms with E-state index in [1.165, 1.54) is 25.2 Å². The van der Waals surface area contributed by atoms with Gasteiger partial charge in [0.1, 0.15) is 30.2 Å². The molecule has 0 radical (unpaired) electrons. The summed E-state index contributed by atoms with van der Waals surface area (Å²) in [5, 5.41) is 19.0. The van der Waals surface area contributed by atoms with Crippen LogP contribution in [0.1, 0.15) is 31.4 Å². The summed E-state index contributed by atoms with van der Waals surface area (Å²) in [6.45, 7) is -2.41. The number of halogens is 7. The average Bonchev–Trinajstić information content (AvgIpc) is 3.54. The molecule has 1 aliphatic heterocycles. The number of nitrogens with zero attached hydrogens (tertiary/aromatic N) is 4. The van der Waals surface area contributed by atoms with E-state index in [1.54, 1.807) is 5.32 Å². The standard InChI is InChI=1S/C25H19F7N6O2S/c1-37-35-14-38(36-37)13-23(40,18-7-4-16(26)10-19(18)27)25(31,32)21-9-3-15(11-33-21)2-5-17-6-8-20(41-17)22(39)34-12-24(28,29)30/h3-4,6-11,14,36,40H,12-13H2,1H3,(H,34,39). The Morgan fingerprint density at radius 1 is 1.10 bits per heavy atom. The van der Waals surface area contributed by atoms with E-state index in [0.717, 1.165) is 46.1 Å². The van der Waals surface area contributed by atoms with Crippen molar-refractivity contribution in [3.8, 4) is 11.8 Å². The molecule has 2 aromatic heterocycles. The number of hydrogen-bond donors (Lipinski definition) is 3. The van der Waals surface area contributed by atoms with Gasteiger partial charge in [0.05, 0.1) is 16.3 Å². The second-order valence-corrected chi connectivity index (χ2v) is 9.77. The van der Waals surface area contributed by atoms with Gasteiger partial charge < -0.3 is 10.4 Å². The maximum Gasteiger partial charge on any atom is 0.405 e. The van der Waals surface area contributed by atoms with Gasteiger partial charge in [0.15, 0.2) is 5.60 Å². The van der Waals surface area contributed by atoms with E-state index in [2.05, 4.69) is 27.5 Å². The molecule has 1 amide bonds. The Morgan fingerprint density at radius 2 is 1.85 bits per heavy atom. The second-order valence-electron chi connectivity index (χ2n) is 8.69. The molecule has 1 aromatic carbocycles. The molecular weight excluding hydrogens is 581 g/mol. The fourth-order valence-corrected chi connectivity index (χ4v) is 4.45. The van der Waals surface area contributed by atoms with Gasteiger partial charge in [-0.1, -0.05) is 11.8 Å². The number of rotatable bonds is 7. The molecule has 1 aliphatic rings. The lowest BCUT2D eigenvalue weighted by atomic mass is 9.84. The largest absolute Gasteiger partial charge is 0.405 e. The van der Waals surface area contributed by atoms with E-state index in [-0.39, 0.29) is 10.4 Å². The summed E-state index contributed by atoms with van der Waals surface area (Å²) in [7, 11) is 1.45. The molecule has 8 nitrogen and oxygen atoms in total. The Kier molecular flexibility index (Phi) is 8.24. The SMILES string of the molecule is CN1N=CN(CC(O)(c2ccc(F)cc2F)C(F)(F)c2ccc(C#Cc3ccc(C(=O)NCC(F)(F)F)s3)cn2)N1. The zero-order valence-electron chi connectivity index (χ0n) is 20.8. The minimum absolute atomic E-state index is 0.0114. The normalized spacial score (nSPS) is 15.0. The van der Waals surface area contributed by atoms with E-state index >= 15 is 8.78 Å². The van der Waals surface area contributed by atoms with Crippen LogP contribution in [0.5, 0.6) is 0 Å². The van der Waals surface area contributed by atoms with Gasteiger partial charge in [-0.15, -0.1) is 22.0 Å². The molecule has 4 rings (SSSR count). The number of thiophene rings is 1. The summed E-state index contributed by atoms with van der Waals surface area (Å²) in [6, 6.07) is 6.55. The zero-order valence-corrected chi connectivity index (χ0v) is 21.6. The summed E-state index contributed by atoms with van der Waals surface area (Å²) in [4.78, 5) is 15.9. The molecule has 0 saturated heterocycles. The van der Waals surface area contributed by atoms with Crippen LogP contribution in [0.4, 0.5) is 30.7 Å². The van der Waals surface area contributed by atoms with Crippen LogP contribution in [0.25, 0.3) is 0 Å². The van der Waals surface area contributed by atoms with Gasteiger partial charge in [-0.25, -0.2) is 13.9 Å². The number of carbonyl (C=O) groups excluding carboxylic acids is 1. The third kappa shape index (κ3) is 6.76. The lowest BCUT2D eigenvalue weighted by molar-refractivity contribution is -0.207. The second kappa shape index (κ2) is 11.4. The number of pyridine rings is 1. The summed E-state index contributed by atoms with van der Waals surface area (Å²) in [5.74, 6) is -2.29. The number of amides is 1. The molecule has 41 heavy (non-hydrogen) atoms. The molecule has 0 spiro atoms. The molecule has 216 valence electrons. The molecule has 0 fully saturated rings. The van der Waals surface area contributed by atoms with E-state index in [0.29, 0.717) is 17.0 Å². The number of nitrogens with one attached hydrogen (secondary N) is 2. The first-order valence-corrected chi connectivity index (χ1v) is 12.3. The third-order valence-corrected chi connectivity index (χ3v) is 6.63. The van der Waals surface area contributed by atoms with Crippen LogP contribution >= 0.6 is 11.3 Å². The van der Waals surface area contributed by atoms with E-state index in [9.17, 15) is 31.9 Å². The van der Waals surface area contributed by atoms with Gasteiger partial charge in [-0.2, -0.15) is 22.0 Å². The Morgan fingerprint density at radius 3 is 2.46 bits per heavy atom. The number of hydrazone groups is 1. The molecular formula is C25H19F7N6O2S. The highest BCUT2D eigenvalue weighted by Crippen LogP contribution is 2.46. The predicted molar refractivity (Wildman–Crippen MR) is 133 cm³/mol. The lowest BCUT2D eigenvalue weighted by Gasteiger charge is -2.38. The van der Waals surface area contributed by atoms with Crippen LogP contribution in [0.15, 0.2) is 53.8 Å².